The Morgan fingerprint density at radius 2 is 1.93 bits per heavy atom. The van der Waals surface area contributed by atoms with Crippen molar-refractivity contribution in [3.63, 3.8) is 0 Å². The molecule has 0 amide bonds. The Bertz CT molecular complexity index is 969. The highest BCUT2D eigenvalue weighted by molar-refractivity contribution is 5.86. The van der Waals surface area contributed by atoms with E-state index in [2.05, 4.69) is 47.4 Å². The van der Waals surface area contributed by atoms with Crippen molar-refractivity contribution in [2.75, 3.05) is 13.7 Å². The van der Waals surface area contributed by atoms with Gasteiger partial charge in [-0.1, -0.05) is 37.5 Å². The summed E-state index contributed by atoms with van der Waals surface area (Å²) in [7, 11) is 1.43. The van der Waals surface area contributed by atoms with Gasteiger partial charge in [0.05, 0.1) is 13.7 Å². The maximum atomic E-state index is 11.6. The van der Waals surface area contributed by atoms with Crippen LogP contribution in [-0.4, -0.2) is 24.7 Å². The molecule has 0 radical (unpaired) electrons. The van der Waals surface area contributed by atoms with Gasteiger partial charge in [-0.3, -0.25) is 4.79 Å². The second kappa shape index (κ2) is 9.17. The quantitative estimate of drug-likeness (QED) is 0.510. The van der Waals surface area contributed by atoms with Crippen LogP contribution in [0.5, 0.6) is 5.75 Å². The summed E-state index contributed by atoms with van der Waals surface area (Å²) in [5.74, 6) is 1.39. The van der Waals surface area contributed by atoms with Gasteiger partial charge < -0.3 is 14.5 Å². The highest BCUT2D eigenvalue weighted by Crippen LogP contribution is 2.34. The Balaban J connectivity index is 1.60. The number of ether oxygens (including phenoxy) is 2. The highest BCUT2D eigenvalue weighted by atomic mass is 16.5. The van der Waals surface area contributed by atoms with E-state index in [4.69, 9.17) is 9.47 Å². The molecule has 1 aromatic heterocycles. The number of esters is 1. The number of aromatic amines is 1. The number of carbonyl (C=O) groups is 1. The van der Waals surface area contributed by atoms with Crippen molar-refractivity contribution < 1.29 is 14.3 Å². The van der Waals surface area contributed by atoms with Crippen molar-refractivity contribution in [3.8, 4) is 16.9 Å². The van der Waals surface area contributed by atoms with Crippen LogP contribution in [-0.2, 0) is 16.0 Å². The molecule has 1 fully saturated rings. The van der Waals surface area contributed by atoms with E-state index >= 15 is 0 Å². The fourth-order valence-electron chi connectivity index (χ4n) is 4.21. The summed E-state index contributed by atoms with van der Waals surface area (Å²) in [6.07, 6.45) is 9.52. The number of benzene rings is 2. The maximum absolute atomic E-state index is 11.6. The van der Waals surface area contributed by atoms with Crippen LogP contribution in [0.3, 0.4) is 0 Å². The van der Waals surface area contributed by atoms with E-state index in [1.54, 1.807) is 0 Å². The first-order valence-corrected chi connectivity index (χ1v) is 10.6. The van der Waals surface area contributed by atoms with Crippen molar-refractivity contribution in [2.24, 2.45) is 5.92 Å². The first-order valence-electron chi connectivity index (χ1n) is 10.6. The highest BCUT2D eigenvalue weighted by Gasteiger charge is 2.16. The lowest BCUT2D eigenvalue weighted by Crippen LogP contribution is -2.15. The zero-order valence-corrected chi connectivity index (χ0v) is 17.1. The number of aryl methyl sites for hydroxylation is 1. The van der Waals surface area contributed by atoms with E-state index in [1.807, 2.05) is 6.20 Å². The number of hydrogen-bond donors (Lipinski definition) is 1. The van der Waals surface area contributed by atoms with Gasteiger partial charge in [0.15, 0.2) is 0 Å². The lowest BCUT2D eigenvalue weighted by Gasteiger charge is -2.22. The number of rotatable bonds is 7. The van der Waals surface area contributed by atoms with Gasteiger partial charge in [0, 0.05) is 23.7 Å². The Hall–Kier alpha value is -2.75. The average molecular weight is 392 g/mol. The van der Waals surface area contributed by atoms with Gasteiger partial charge in [-0.15, -0.1) is 0 Å². The topological polar surface area (TPSA) is 51.3 Å². The molecule has 3 aromatic rings. The van der Waals surface area contributed by atoms with Gasteiger partial charge in [-0.25, -0.2) is 0 Å². The Morgan fingerprint density at radius 1 is 1.07 bits per heavy atom. The summed E-state index contributed by atoms with van der Waals surface area (Å²) >= 11 is 0. The molecule has 4 nitrogen and oxygen atoms in total. The molecule has 29 heavy (non-hydrogen) atoms. The molecule has 0 bridgehead atoms. The van der Waals surface area contributed by atoms with Crippen molar-refractivity contribution in [2.45, 2.75) is 44.9 Å². The van der Waals surface area contributed by atoms with Crippen LogP contribution in [0.2, 0.25) is 0 Å². The minimum Gasteiger partial charge on any atom is -0.493 e. The number of fused-ring (bicyclic) bond motifs is 1. The number of aromatic nitrogens is 1. The molecule has 4 rings (SSSR count). The van der Waals surface area contributed by atoms with Crippen molar-refractivity contribution in [3.05, 3.63) is 54.2 Å². The Labute approximate surface area is 172 Å². The van der Waals surface area contributed by atoms with Crippen molar-refractivity contribution in [1.82, 2.24) is 4.98 Å². The molecular formula is C25H29NO3. The summed E-state index contributed by atoms with van der Waals surface area (Å²) in [5.41, 5.74) is 4.43. The molecule has 0 atom stereocenters. The lowest BCUT2D eigenvalue weighted by atomic mass is 9.90. The summed E-state index contributed by atoms with van der Waals surface area (Å²) in [6.45, 7) is 0.777. The molecule has 0 saturated heterocycles. The third-order valence-electron chi connectivity index (χ3n) is 5.95. The number of carbonyl (C=O) groups excluding carboxylic acids is 1. The zero-order chi connectivity index (χ0) is 20.1. The smallest absolute Gasteiger partial charge is 0.305 e. The summed E-state index contributed by atoms with van der Waals surface area (Å²) in [4.78, 5) is 14.8. The van der Waals surface area contributed by atoms with E-state index in [0.29, 0.717) is 18.8 Å². The number of nitrogens with one attached hydrogen (secondary N) is 1. The van der Waals surface area contributed by atoms with Gasteiger partial charge >= 0.3 is 5.97 Å². The SMILES string of the molecule is COC(=O)CCc1ccc(OCC2CCCCC2)c(-c2ccc3cc[nH]c3c2)c1. The van der Waals surface area contributed by atoms with E-state index in [0.717, 1.165) is 34.6 Å². The minimum atomic E-state index is -0.183. The molecule has 1 saturated carbocycles. The molecule has 1 N–H and O–H groups in total. The third kappa shape index (κ3) is 4.81. The number of H-pyrrole nitrogens is 1. The number of methoxy groups -OCH3 is 1. The van der Waals surface area contributed by atoms with E-state index in [9.17, 15) is 4.79 Å². The van der Waals surface area contributed by atoms with E-state index in [-0.39, 0.29) is 5.97 Å². The second-order valence-corrected chi connectivity index (χ2v) is 8.00. The van der Waals surface area contributed by atoms with Crippen LogP contribution >= 0.6 is 0 Å². The first kappa shape index (κ1) is 19.6. The molecule has 152 valence electrons. The Kier molecular flexibility index (Phi) is 6.18. The Morgan fingerprint density at radius 3 is 2.76 bits per heavy atom. The van der Waals surface area contributed by atoms with Crippen LogP contribution in [0.25, 0.3) is 22.0 Å². The molecule has 0 aliphatic heterocycles. The standard InChI is InChI=1S/C25H29NO3/c1-28-25(27)12-8-18-7-11-24(29-17-19-5-3-2-4-6-19)22(15-18)21-10-9-20-13-14-26-23(20)16-21/h7,9-11,13-16,19,26H,2-6,8,12,17H2,1H3. The summed E-state index contributed by atoms with van der Waals surface area (Å²) < 4.78 is 11.1. The van der Waals surface area contributed by atoms with Crippen molar-refractivity contribution in [1.29, 1.82) is 0 Å². The van der Waals surface area contributed by atoms with Gasteiger partial charge in [-0.05, 0) is 66.0 Å². The molecule has 0 unspecified atom stereocenters. The maximum Gasteiger partial charge on any atom is 0.305 e. The summed E-state index contributed by atoms with van der Waals surface area (Å²) in [5, 5.41) is 1.19. The third-order valence-corrected chi connectivity index (χ3v) is 5.95. The molecule has 1 aliphatic rings. The number of hydrogen-bond acceptors (Lipinski definition) is 3. The van der Waals surface area contributed by atoms with Gasteiger partial charge in [0.25, 0.3) is 0 Å². The normalized spacial score (nSPS) is 14.8. The van der Waals surface area contributed by atoms with E-state index in [1.165, 1.54) is 44.6 Å². The first-order chi connectivity index (χ1) is 14.2. The fourth-order valence-corrected chi connectivity index (χ4v) is 4.21. The van der Waals surface area contributed by atoms with Crippen LogP contribution in [0.15, 0.2) is 48.7 Å². The molecule has 0 spiro atoms. The molecule has 1 aliphatic carbocycles. The van der Waals surface area contributed by atoms with Crippen LogP contribution in [0.4, 0.5) is 0 Å². The van der Waals surface area contributed by atoms with Crippen LogP contribution < -0.4 is 4.74 Å². The zero-order valence-electron chi connectivity index (χ0n) is 17.1. The minimum absolute atomic E-state index is 0.183. The van der Waals surface area contributed by atoms with Gasteiger partial charge in [-0.2, -0.15) is 0 Å². The van der Waals surface area contributed by atoms with Crippen molar-refractivity contribution >= 4 is 16.9 Å². The second-order valence-electron chi connectivity index (χ2n) is 8.00. The van der Waals surface area contributed by atoms with E-state index < -0.39 is 0 Å². The predicted molar refractivity (Wildman–Crippen MR) is 116 cm³/mol. The van der Waals surface area contributed by atoms with Gasteiger partial charge in [0.2, 0.25) is 0 Å². The predicted octanol–water partition coefficient (Wildman–Crippen LogP) is 5.90. The molecular weight excluding hydrogens is 362 g/mol. The molecule has 1 heterocycles. The fraction of sp³-hybridized carbons (Fsp3) is 0.400. The molecule has 4 heteroatoms. The average Bonchev–Trinajstić information content (AvgIpc) is 3.25. The van der Waals surface area contributed by atoms with Crippen LogP contribution in [0.1, 0.15) is 44.1 Å². The molecule has 2 aromatic carbocycles. The largest absolute Gasteiger partial charge is 0.493 e. The lowest BCUT2D eigenvalue weighted by molar-refractivity contribution is -0.140. The monoisotopic (exact) mass is 391 g/mol. The van der Waals surface area contributed by atoms with Gasteiger partial charge in [0.1, 0.15) is 5.75 Å². The van der Waals surface area contributed by atoms with Crippen LogP contribution in [0, 0.1) is 5.92 Å². The summed E-state index contributed by atoms with van der Waals surface area (Å²) in [6, 6.07) is 14.8.